The number of ether oxygens (including phenoxy) is 1. The lowest BCUT2D eigenvalue weighted by Crippen LogP contribution is -2.19. The van der Waals surface area contributed by atoms with Crippen LogP contribution in [0.3, 0.4) is 0 Å². The van der Waals surface area contributed by atoms with Crippen molar-refractivity contribution in [1.29, 1.82) is 0 Å². The Kier molecular flexibility index (Phi) is 5.56. The van der Waals surface area contributed by atoms with Crippen molar-refractivity contribution in [2.75, 3.05) is 23.1 Å². The van der Waals surface area contributed by atoms with Gasteiger partial charge in [0.25, 0.3) is 0 Å². The Balaban J connectivity index is 1.83. The molecule has 3 aromatic rings. The number of benzene rings is 2. The van der Waals surface area contributed by atoms with Gasteiger partial charge >= 0.3 is 6.03 Å². The van der Waals surface area contributed by atoms with E-state index in [1.165, 1.54) is 18.4 Å². The summed E-state index contributed by atoms with van der Waals surface area (Å²) in [6.07, 6.45) is 0.374. The molecule has 27 heavy (non-hydrogen) atoms. The molecule has 1 heterocycles. The van der Waals surface area contributed by atoms with Crippen LogP contribution in [-0.2, 0) is 4.79 Å². The first-order valence-electron chi connectivity index (χ1n) is 8.42. The van der Waals surface area contributed by atoms with Gasteiger partial charge < -0.3 is 20.7 Å². The lowest BCUT2D eigenvalue weighted by atomic mass is 10.2. The third-order valence-electron chi connectivity index (χ3n) is 3.90. The van der Waals surface area contributed by atoms with E-state index in [1.807, 2.05) is 31.2 Å². The molecule has 1 aromatic heterocycles. The number of amides is 3. The molecule has 3 N–H and O–H groups in total. The van der Waals surface area contributed by atoms with E-state index in [9.17, 15) is 9.59 Å². The predicted octanol–water partition coefficient (Wildman–Crippen LogP) is 4.61. The van der Waals surface area contributed by atoms with Crippen molar-refractivity contribution in [3.05, 3.63) is 42.0 Å². The predicted molar refractivity (Wildman–Crippen MR) is 109 cm³/mol. The van der Waals surface area contributed by atoms with Gasteiger partial charge in [0.1, 0.15) is 11.3 Å². The van der Waals surface area contributed by atoms with Gasteiger partial charge in [-0.1, -0.05) is 36.5 Å². The zero-order chi connectivity index (χ0) is 19.4. The number of hydrogen-bond acceptors (Lipinski definition) is 5. The number of urea groups is 1. The average molecular weight is 384 g/mol. The van der Waals surface area contributed by atoms with Crippen molar-refractivity contribution in [2.24, 2.45) is 0 Å². The largest absolute Gasteiger partial charge is 0.494 e. The summed E-state index contributed by atoms with van der Waals surface area (Å²) in [7, 11) is 1.54. The molecule has 2 aromatic carbocycles. The van der Waals surface area contributed by atoms with Gasteiger partial charge in [0.2, 0.25) is 5.91 Å². The SMILES string of the molecule is CCC(=O)Nc1nc2c(OC)cc(NC(=O)Nc3ccccc3C)cc2s1. The number of para-hydroxylation sites is 1. The quantitative estimate of drug-likeness (QED) is 0.599. The Labute approximate surface area is 160 Å². The first kappa shape index (κ1) is 18.7. The highest BCUT2D eigenvalue weighted by atomic mass is 32.1. The van der Waals surface area contributed by atoms with Crippen molar-refractivity contribution in [3.63, 3.8) is 0 Å². The van der Waals surface area contributed by atoms with Crippen LogP contribution >= 0.6 is 11.3 Å². The van der Waals surface area contributed by atoms with Crippen LogP contribution in [0.4, 0.5) is 21.3 Å². The van der Waals surface area contributed by atoms with Crippen molar-refractivity contribution in [3.8, 4) is 5.75 Å². The fourth-order valence-electron chi connectivity index (χ4n) is 2.49. The summed E-state index contributed by atoms with van der Waals surface area (Å²) in [5.41, 5.74) is 2.92. The molecule has 0 saturated carbocycles. The van der Waals surface area contributed by atoms with Crippen LogP contribution in [0, 0.1) is 6.92 Å². The maximum Gasteiger partial charge on any atom is 0.323 e. The van der Waals surface area contributed by atoms with E-state index >= 15 is 0 Å². The van der Waals surface area contributed by atoms with Crippen LogP contribution in [0.2, 0.25) is 0 Å². The van der Waals surface area contributed by atoms with Crippen molar-refractivity contribution in [1.82, 2.24) is 4.98 Å². The highest BCUT2D eigenvalue weighted by molar-refractivity contribution is 7.22. The number of hydrogen-bond donors (Lipinski definition) is 3. The maximum atomic E-state index is 12.3. The third-order valence-corrected chi connectivity index (χ3v) is 4.82. The lowest BCUT2D eigenvalue weighted by Gasteiger charge is -2.11. The molecular formula is C19H20N4O3S. The van der Waals surface area contributed by atoms with Crippen LogP contribution < -0.4 is 20.7 Å². The van der Waals surface area contributed by atoms with Crippen LogP contribution in [0.25, 0.3) is 10.2 Å². The van der Waals surface area contributed by atoms with Gasteiger partial charge in [0.05, 0.1) is 11.8 Å². The number of nitrogens with one attached hydrogen (secondary N) is 3. The molecule has 7 nitrogen and oxygen atoms in total. The van der Waals surface area contributed by atoms with Gasteiger partial charge in [-0.25, -0.2) is 9.78 Å². The monoisotopic (exact) mass is 384 g/mol. The number of anilines is 3. The van der Waals surface area contributed by atoms with Gasteiger partial charge in [-0.2, -0.15) is 0 Å². The Hall–Kier alpha value is -3.13. The number of aromatic nitrogens is 1. The number of nitrogens with zero attached hydrogens (tertiary/aromatic N) is 1. The minimum Gasteiger partial charge on any atom is -0.494 e. The molecule has 8 heteroatoms. The van der Waals surface area contributed by atoms with Crippen molar-refractivity contribution < 1.29 is 14.3 Å². The van der Waals surface area contributed by atoms with Crippen molar-refractivity contribution in [2.45, 2.75) is 20.3 Å². The molecule has 0 unspecified atom stereocenters. The molecule has 0 aliphatic heterocycles. The molecular weight excluding hydrogens is 364 g/mol. The number of carbonyl (C=O) groups is 2. The van der Waals surface area contributed by atoms with Gasteiger partial charge in [-0.15, -0.1) is 0 Å². The maximum absolute atomic E-state index is 12.3. The van der Waals surface area contributed by atoms with E-state index in [0.717, 1.165) is 16.0 Å². The zero-order valence-corrected chi connectivity index (χ0v) is 16.1. The van der Waals surface area contributed by atoms with Gasteiger partial charge in [-0.3, -0.25) is 4.79 Å². The van der Waals surface area contributed by atoms with Crippen molar-refractivity contribution >= 4 is 50.0 Å². The molecule has 0 bridgehead atoms. The topological polar surface area (TPSA) is 92.3 Å². The summed E-state index contributed by atoms with van der Waals surface area (Å²) >= 11 is 1.32. The van der Waals surface area contributed by atoms with Gasteiger partial charge in [0.15, 0.2) is 5.13 Å². The summed E-state index contributed by atoms with van der Waals surface area (Å²) < 4.78 is 6.19. The normalized spacial score (nSPS) is 10.5. The molecule has 0 radical (unpaired) electrons. The van der Waals surface area contributed by atoms with E-state index < -0.39 is 0 Å². The number of fused-ring (bicyclic) bond motifs is 1. The average Bonchev–Trinajstić information content (AvgIpc) is 3.05. The summed E-state index contributed by atoms with van der Waals surface area (Å²) in [5.74, 6) is 0.413. The number of thiazole rings is 1. The smallest absolute Gasteiger partial charge is 0.323 e. The molecule has 0 aliphatic carbocycles. The number of aryl methyl sites for hydroxylation is 1. The molecule has 0 saturated heterocycles. The second kappa shape index (κ2) is 8.05. The second-order valence-corrected chi connectivity index (χ2v) is 6.87. The molecule has 0 aliphatic rings. The summed E-state index contributed by atoms with van der Waals surface area (Å²) in [6, 6.07) is 10.7. The highest BCUT2D eigenvalue weighted by Gasteiger charge is 2.14. The summed E-state index contributed by atoms with van der Waals surface area (Å²) in [5, 5.41) is 8.87. The van der Waals surface area contributed by atoms with E-state index in [-0.39, 0.29) is 11.9 Å². The summed E-state index contributed by atoms with van der Waals surface area (Å²) in [4.78, 5) is 28.3. The van der Waals surface area contributed by atoms with Gasteiger partial charge in [0, 0.05) is 23.9 Å². The zero-order valence-electron chi connectivity index (χ0n) is 15.3. The molecule has 0 fully saturated rings. The summed E-state index contributed by atoms with van der Waals surface area (Å²) in [6.45, 7) is 3.70. The van der Waals surface area contributed by atoms with E-state index in [0.29, 0.717) is 28.5 Å². The fourth-order valence-corrected chi connectivity index (χ4v) is 3.42. The molecule has 140 valence electrons. The molecule has 0 atom stereocenters. The highest BCUT2D eigenvalue weighted by Crippen LogP contribution is 2.35. The minimum absolute atomic E-state index is 0.107. The Morgan fingerprint density at radius 1 is 1.15 bits per heavy atom. The first-order chi connectivity index (χ1) is 13.0. The number of carbonyl (C=O) groups excluding carboxylic acids is 2. The molecule has 3 amide bonds. The van der Waals surface area contributed by atoms with Gasteiger partial charge in [-0.05, 0) is 24.6 Å². The minimum atomic E-state index is -0.352. The number of methoxy groups -OCH3 is 1. The van der Waals surface area contributed by atoms with Crippen LogP contribution in [-0.4, -0.2) is 24.0 Å². The van der Waals surface area contributed by atoms with Crippen LogP contribution in [0.5, 0.6) is 5.75 Å². The van der Waals surface area contributed by atoms with E-state index in [1.54, 1.807) is 19.1 Å². The standard InChI is InChI=1S/C19H20N4O3S/c1-4-16(24)22-19-23-17-14(26-3)9-12(10-15(17)27-19)20-18(25)21-13-8-6-5-7-11(13)2/h5-10H,4H2,1-3H3,(H2,20,21,25)(H,22,23,24). The van der Waals surface area contributed by atoms with Crippen LogP contribution in [0.15, 0.2) is 36.4 Å². The fraction of sp³-hybridized carbons (Fsp3) is 0.211. The molecule has 0 spiro atoms. The Morgan fingerprint density at radius 3 is 2.63 bits per heavy atom. The van der Waals surface area contributed by atoms with Crippen LogP contribution in [0.1, 0.15) is 18.9 Å². The Bertz CT molecular complexity index is 1000. The van der Waals surface area contributed by atoms with E-state index in [4.69, 9.17) is 4.74 Å². The Morgan fingerprint density at radius 2 is 1.93 bits per heavy atom. The third kappa shape index (κ3) is 4.35. The lowest BCUT2D eigenvalue weighted by molar-refractivity contribution is -0.115. The molecule has 3 rings (SSSR count). The number of rotatable bonds is 5. The van der Waals surface area contributed by atoms with E-state index in [2.05, 4.69) is 20.9 Å². The second-order valence-electron chi connectivity index (χ2n) is 5.84. The first-order valence-corrected chi connectivity index (χ1v) is 9.24.